The molecule has 1 aliphatic rings. The molecule has 3 aromatic rings. The number of imidazole rings is 1. The van der Waals surface area contributed by atoms with Gasteiger partial charge in [-0.25, -0.2) is 4.98 Å². The third-order valence-electron chi connectivity index (χ3n) is 3.74. The number of aromatic nitrogens is 2. The zero-order valence-corrected chi connectivity index (χ0v) is 11.1. The summed E-state index contributed by atoms with van der Waals surface area (Å²) in [6.07, 6.45) is 0. The number of para-hydroxylation sites is 3. The van der Waals surface area contributed by atoms with Gasteiger partial charge in [-0.3, -0.25) is 0 Å². The Kier molecular flexibility index (Phi) is 2.67. The first-order valence-corrected chi connectivity index (χ1v) is 6.93. The van der Waals surface area contributed by atoms with Gasteiger partial charge in [0.2, 0.25) is 5.95 Å². The number of nitrogens with zero attached hydrogens (tertiary/aromatic N) is 2. The minimum absolute atomic E-state index is 0.910. The lowest BCUT2D eigenvalue weighted by Gasteiger charge is -2.21. The van der Waals surface area contributed by atoms with E-state index in [4.69, 9.17) is 4.98 Å². The predicted molar refractivity (Wildman–Crippen MR) is 81.2 cm³/mol. The highest BCUT2D eigenvalue weighted by molar-refractivity contribution is 5.79. The molecule has 2 heterocycles. The van der Waals surface area contributed by atoms with E-state index in [9.17, 15) is 0 Å². The first kappa shape index (κ1) is 11.5. The van der Waals surface area contributed by atoms with Gasteiger partial charge in [0.15, 0.2) is 0 Å². The molecule has 2 aromatic carbocycles. The minimum atomic E-state index is 0.910. The Morgan fingerprint density at radius 1 is 1.00 bits per heavy atom. The number of hydrogen-bond donors (Lipinski definition) is 2. The topological polar surface area (TPSA) is 44.0 Å². The molecule has 0 spiro atoms. The van der Waals surface area contributed by atoms with E-state index in [0.29, 0.717) is 0 Å². The van der Waals surface area contributed by atoms with Gasteiger partial charge in [0, 0.05) is 25.3 Å². The molecule has 2 N–H and O–H groups in total. The summed E-state index contributed by atoms with van der Waals surface area (Å²) >= 11 is 0. The van der Waals surface area contributed by atoms with Gasteiger partial charge >= 0.3 is 0 Å². The van der Waals surface area contributed by atoms with Gasteiger partial charge in [0.25, 0.3) is 0 Å². The average molecular weight is 264 g/mol. The molecule has 100 valence electrons. The third kappa shape index (κ3) is 1.85. The molecule has 0 fully saturated rings. The summed E-state index contributed by atoms with van der Waals surface area (Å²) in [5.41, 5.74) is 4.64. The van der Waals surface area contributed by atoms with Gasteiger partial charge in [-0.2, -0.15) is 0 Å². The Balaban J connectivity index is 1.84. The summed E-state index contributed by atoms with van der Waals surface area (Å²) in [6.45, 7) is 2.77. The number of rotatable bonds is 1. The molecular weight excluding hydrogens is 248 g/mol. The van der Waals surface area contributed by atoms with E-state index < -0.39 is 0 Å². The quantitative estimate of drug-likeness (QED) is 0.710. The van der Waals surface area contributed by atoms with Crippen LogP contribution in [0.2, 0.25) is 0 Å². The fourth-order valence-electron chi connectivity index (χ4n) is 2.75. The molecule has 0 aliphatic carbocycles. The van der Waals surface area contributed by atoms with Crippen LogP contribution in [0, 0.1) is 0 Å². The molecule has 1 aromatic heterocycles. The maximum absolute atomic E-state index is 4.72. The van der Waals surface area contributed by atoms with E-state index in [0.717, 1.165) is 36.6 Å². The molecule has 4 rings (SSSR count). The van der Waals surface area contributed by atoms with Crippen molar-refractivity contribution < 1.29 is 0 Å². The van der Waals surface area contributed by atoms with Crippen molar-refractivity contribution in [2.75, 3.05) is 18.0 Å². The molecule has 4 nitrogen and oxygen atoms in total. The van der Waals surface area contributed by atoms with E-state index in [1.165, 1.54) is 11.3 Å². The fraction of sp³-hybridized carbons (Fsp3) is 0.188. The lowest BCUT2D eigenvalue weighted by molar-refractivity contribution is 0.710. The standard InChI is InChI=1S/C16H16N4/c1-4-8-15-12(5-1)11-17-9-10-20(15)16-18-13-6-2-3-7-14(13)19-16/h1-8,17H,9-11H2,(H,18,19). The third-order valence-corrected chi connectivity index (χ3v) is 3.74. The van der Waals surface area contributed by atoms with E-state index >= 15 is 0 Å². The van der Waals surface area contributed by atoms with Crippen molar-refractivity contribution in [2.24, 2.45) is 0 Å². The van der Waals surface area contributed by atoms with E-state index in [-0.39, 0.29) is 0 Å². The van der Waals surface area contributed by atoms with Gasteiger partial charge in [-0.05, 0) is 23.8 Å². The number of benzene rings is 2. The largest absolute Gasteiger partial charge is 0.324 e. The maximum Gasteiger partial charge on any atom is 0.208 e. The molecule has 0 saturated heterocycles. The summed E-state index contributed by atoms with van der Waals surface area (Å²) in [5, 5.41) is 3.45. The lowest BCUT2D eigenvalue weighted by atomic mass is 10.1. The van der Waals surface area contributed by atoms with Crippen LogP contribution in [0.25, 0.3) is 11.0 Å². The highest BCUT2D eigenvalue weighted by Gasteiger charge is 2.18. The first-order valence-electron chi connectivity index (χ1n) is 6.93. The molecule has 0 bridgehead atoms. The van der Waals surface area contributed by atoms with Crippen molar-refractivity contribution in [2.45, 2.75) is 6.54 Å². The van der Waals surface area contributed by atoms with Crippen LogP contribution in [0.4, 0.5) is 11.6 Å². The van der Waals surface area contributed by atoms with Crippen molar-refractivity contribution in [3.8, 4) is 0 Å². The Morgan fingerprint density at radius 2 is 1.85 bits per heavy atom. The maximum atomic E-state index is 4.72. The van der Waals surface area contributed by atoms with Crippen molar-refractivity contribution in [3.63, 3.8) is 0 Å². The molecule has 1 aliphatic heterocycles. The Morgan fingerprint density at radius 3 is 2.80 bits per heavy atom. The zero-order chi connectivity index (χ0) is 13.4. The Labute approximate surface area is 117 Å². The molecule has 0 amide bonds. The lowest BCUT2D eigenvalue weighted by Crippen LogP contribution is -2.25. The number of nitrogens with one attached hydrogen (secondary N) is 2. The van der Waals surface area contributed by atoms with Crippen LogP contribution in [0.15, 0.2) is 48.5 Å². The predicted octanol–water partition coefficient (Wildman–Crippen LogP) is 2.80. The molecular formula is C16H16N4. The van der Waals surface area contributed by atoms with Gasteiger partial charge in [-0.15, -0.1) is 0 Å². The van der Waals surface area contributed by atoms with E-state index in [1.807, 2.05) is 18.2 Å². The van der Waals surface area contributed by atoms with Crippen molar-refractivity contribution >= 4 is 22.7 Å². The van der Waals surface area contributed by atoms with Gasteiger partial charge in [-0.1, -0.05) is 30.3 Å². The van der Waals surface area contributed by atoms with Crippen LogP contribution >= 0.6 is 0 Å². The molecule has 4 heteroatoms. The van der Waals surface area contributed by atoms with Crippen LogP contribution in [0.3, 0.4) is 0 Å². The molecule has 0 atom stereocenters. The van der Waals surface area contributed by atoms with Crippen molar-refractivity contribution in [1.29, 1.82) is 0 Å². The zero-order valence-electron chi connectivity index (χ0n) is 11.1. The molecule has 0 radical (unpaired) electrons. The summed E-state index contributed by atoms with van der Waals surface area (Å²) in [6, 6.07) is 16.7. The molecule has 0 saturated carbocycles. The average Bonchev–Trinajstić information content (AvgIpc) is 2.80. The highest BCUT2D eigenvalue weighted by Crippen LogP contribution is 2.29. The van der Waals surface area contributed by atoms with Crippen LogP contribution in [0.5, 0.6) is 0 Å². The van der Waals surface area contributed by atoms with E-state index in [2.05, 4.69) is 45.5 Å². The van der Waals surface area contributed by atoms with Crippen LogP contribution in [0.1, 0.15) is 5.56 Å². The van der Waals surface area contributed by atoms with Crippen LogP contribution in [-0.4, -0.2) is 23.1 Å². The summed E-state index contributed by atoms with van der Waals surface area (Å²) in [7, 11) is 0. The second-order valence-corrected chi connectivity index (χ2v) is 5.03. The highest BCUT2D eigenvalue weighted by atomic mass is 15.3. The Bertz CT molecular complexity index is 714. The summed E-state index contributed by atoms with van der Waals surface area (Å²) in [5.74, 6) is 0.919. The van der Waals surface area contributed by atoms with Gasteiger partial charge in [0.05, 0.1) is 11.0 Å². The molecule has 0 unspecified atom stereocenters. The SMILES string of the molecule is c1ccc2c(c1)CNCCN2c1nc2ccccc2[nH]1. The number of H-pyrrole nitrogens is 1. The second-order valence-electron chi connectivity index (χ2n) is 5.03. The Hall–Kier alpha value is -2.33. The molecule has 20 heavy (non-hydrogen) atoms. The summed E-state index contributed by atoms with van der Waals surface area (Å²) < 4.78 is 0. The summed E-state index contributed by atoms with van der Waals surface area (Å²) in [4.78, 5) is 10.4. The van der Waals surface area contributed by atoms with E-state index in [1.54, 1.807) is 0 Å². The van der Waals surface area contributed by atoms with Gasteiger partial charge in [0.1, 0.15) is 0 Å². The van der Waals surface area contributed by atoms with Crippen LogP contribution in [-0.2, 0) is 6.54 Å². The number of fused-ring (bicyclic) bond motifs is 2. The van der Waals surface area contributed by atoms with Crippen molar-refractivity contribution in [3.05, 3.63) is 54.1 Å². The van der Waals surface area contributed by atoms with Crippen LogP contribution < -0.4 is 10.2 Å². The number of hydrogen-bond acceptors (Lipinski definition) is 3. The first-order chi connectivity index (χ1) is 9.92. The van der Waals surface area contributed by atoms with Gasteiger partial charge < -0.3 is 15.2 Å². The monoisotopic (exact) mass is 264 g/mol. The number of anilines is 2. The smallest absolute Gasteiger partial charge is 0.208 e. The normalized spacial score (nSPS) is 15.1. The second kappa shape index (κ2) is 4.65. The van der Waals surface area contributed by atoms with Crippen molar-refractivity contribution in [1.82, 2.24) is 15.3 Å². The number of aromatic amines is 1. The minimum Gasteiger partial charge on any atom is -0.324 e. The fourth-order valence-corrected chi connectivity index (χ4v) is 2.75.